The lowest BCUT2D eigenvalue weighted by molar-refractivity contribution is -0.132. The molecule has 1 saturated heterocycles. The number of piperidine rings is 1. The van der Waals surface area contributed by atoms with Crippen LogP contribution < -0.4 is 0 Å². The molecule has 0 bridgehead atoms. The third-order valence-electron chi connectivity index (χ3n) is 7.43. The number of nitrogens with zero attached hydrogens (tertiary/aromatic N) is 6. The van der Waals surface area contributed by atoms with E-state index in [1.54, 1.807) is 11.0 Å². The normalized spacial score (nSPS) is 15.3. The van der Waals surface area contributed by atoms with Crippen LogP contribution in [0.3, 0.4) is 0 Å². The molecule has 0 atom stereocenters. The summed E-state index contributed by atoms with van der Waals surface area (Å²) in [5.74, 6) is 1.02. The number of amides is 1. The monoisotopic (exact) mass is 473 g/mol. The molecule has 4 aromatic rings. The molecule has 1 aliphatic rings. The Morgan fingerprint density at radius 1 is 1.17 bits per heavy atom. The average molecular weight is 474 g/mol. The lowest BCUT2D eigenvalue weighted by Gasteiger charge is -2.33. The van der Waals surface area contributed by atoms with Crippen LogP contribution in [0.1, 0.15) is 60.8 Å². The van der Waals surface area contributed by atoms with E-state index in [9.17, 15) is 4.79 Å². The van der Waals surface area contributed by atoms with Crippen LogP contribution in [0.4, 0.5) is 0 Å². The fourth-order valence-corrected chi connectivity index (χ4v) is 5.41. The summed E-state index contributed by atoms with van der Waals surface area (Å²) in [5, 5.41) is 10.4. The minimum Gasteiger partial charge on any atom is -0.353 e. The zero-order valence-corrected chi connectivity index (χ0v) is 21.6. The number of benzene rings is 1. The number of H-pyrrole nitrogens is 1. The van der Waals surface area contributed by atoms with Crippen LogP contribution in [0.25, 0.3) is 27.9 Å². The highest BCUT2D eigenvalue weighted by molar-refractivity contribution is 5.92. The second kappa shape index (κ2) is 9.07. The van der Waals surface area contributed by atoms with Gasteiger partial charge >= 0.3 is 0 Å². The lowest BCUT2D eigenvalue weighted by Crippen LogP contribution is -2.42. The molecule has 184 valence electrons. The molecule has 0 unspecified atom stereocenters. The predicted molar refractivity (Wildman–Crippen MR) is 139 cm³/mol. The summed E-state index contributed by atoms with van der Waals surface area (Å²) in [5.41, 5.74) is 8.77. The van der Waals surface area contributed by atoms with Gasteiger partial charge < -0.3 is 14.8 Å². The zero-order chi connectivity index (χ0) is 24.9. The van der Waals surface area contributed by atoms with E-state index in [-0.39, 0.29) is 5.91 Å². The summed E-state index contributed by atoms with van der Waals surface area (Å²) >= 11 is 0. The molecule has 0 radical (unpaired) electrons. The SMILES string of the molecule is Cc1c(-c2[nH]c3ccc(C4CCN(C(=O)CN(C)C)CC4)cc3c2C(C)C)nn2ncnc2c1C. The number of rotatable bonds is 5. The number of hydrogen-bond donors (Lipinski definition) is 1. The smallest absolute Gasteiger partial charge is 0.236 e. The Kier molecular flexibility index (Phi) is 6.09. The van der Waals surface area contributed by atoms with Crippen LogP contribution in [0, 0.1) is 13.8 Å². The minimum absolute atomic E-state index is 0.226. The van der Waals surface area contributed by atoms with Crippen molar-refractivity contribution in [3.8, 4) is 11.4 Å². The predicted octanol–water partition coefficient (Wildman–Crippen LogP) is 4.28. The van der Waals surface area contributed by atoms with Gasteiger partial charge in [-0.2, -0.15) is 0 Å². The van der Waals surface area contributed by atoms with Crippen molar-refractivity contribution in [1.29, 1.82) is 0 Å². The maximum atomic E-state index is 12.5. The number of aromatic amines is 1. The van der Waals surface area contributed by atoms with Crippen molar-refractivity contribution >= 4 is 22.5 Å². The first kappa shape index (κ1) is 23.5. The zero-order valence-electron chi connectivity index (χ0n) is 21.6. The topological polar surface area (TPSA) is 82.4 Å². The van der Waals surface area contributed by atoms with Crippen molar-refractivity contribution in [2.75, 3.05) is 33.7 Å². The van der Waals surface area contributed by atoms with Gasteiger partial charge in [0.05, 0.1) is 12.2 Å². The van der Waals surface area contributed by atoms with Gasteiger partial charge in [0.1, 0.15) is 12.0 Å². The van der Waals surface area contributed by atoms with Crippen LogP contribution in [0.2, 0.25) is 0 Å². The van der Waals surface area contributed by atoms with Gasteiger partial charge in [-0.15, -0.1) is 14.8 Å². The fraction of sp³-hybridized carbons (Fsp3) is 0.481. The number of nitrogens with one attached hydrogen (secondary N) is 1. The second-order valence-corrected chi connectivity index (χ2v) is 10.4. The number of fused-ring (bicyclic) bond motifs is 2. The number of aryl methyl sites for hydroxylation is 1. The van der Waals surface area contributed by atoms with Crippen LogP contribution in [0.5, 0.6) is 0 Å². The first-order valence-corrected chi connectivity index (χ1v) is 12.5. The van der Waals surface area contributed by atoms with Gasteiger partial charge in [0, 0.05) is 29.6 Å². The molecule has 4 heterocycles. The Morgan fingerprint density at radius 3 is 2.60 bits per heavy atom. The number of carbonyl (C=O) groups is 1. The summed E-state index contributed by atoms with van der Waals surface area (Å²) in [6, 6.07) is 6.82. The van der Waals surface area contributed by atoms with Crippen LogP contribution in [-0.2, 0) is 4.79 Å². The Hall–Kier alpha value is -3.26. The van der Waals surface area contributed by atoms with Gasteiger partial charge in [-0.3, -0.25) is 4.79 Å². The molecule has 0 aliphatic carbocycles. The van der Waals surface area contributed by atoms with E-state index in [1.165, 1.54) is 16.5 Å². The molecule has 0 saturated carbocycles. The first-order valence-electron chi connectivity index (χ1n) is 12.5. The standard InChI is InChI=1S/C27H35N7O/c1-16(2)24-21-13-20(19-9-11-33(12-10-19)23(35)14-32(5)6)7-8-22(21)30-26(24)25-17(3)18(4)27-28-15-29-34(27)31-25/h7-8,13,15-16,19,30H,9-12,14H2,1-6H3. The summed E-state index contributed by atoms with van der Waals surface area (Å²) < 4.78 is 1.63. The van der Waals surface area contributed by atoms with Gasteiger partial charge in [-0.05, 0) is 81.4 Å². The summed E-state index contributed by atoms with van der Waals surface area (Å²) in [6.07, 6.45) is 3.56. The fourth-order valence-electron chi connectivity index (χ4n) is 5.41. The Labute approximate surface area is 206 Å². The molecule has 1 N–H and O–H groups in total. The molecule has 8 nitrogen and oxygen atoms in total. The number of likely N-dealkylation sites (tertiary alicyclic amines) is 1. The summed E-state index contributed by atoms with van der Waals surface area (Å²) in [7, 11) is 3.89. The molecule has 1 fully saturated rings. The van der Waals surface area contributed by atoms with E-state index in [0.29, 0.717) is 18.4 Å². The van der Waals surface area contributed by atoms with Gasteiger partial charge in [-0.25, -0.2) is 4.98 Å². The third kappa shape index (κ3) is 4.20. The first-order chi connectivity index (χ1) is 16.7. The quantitative estimate of drug-likeness (QED) is 0.468. The molecule has 0 spiro atoms. The minimum atomic E-state index is 0.226. The maximum absolute atomic E-state index is 12.5. The van der Waals surface area contributed by atoms with E-state index in [2.05, 4.69) is 61.0 Å². The van der Waals surface area contributed by atoms with Crippen molar-refractivity contribution in [2.24, 2.45) is 0 Å². The largest absolute Gasteiger partial charge is 0.353 e. The van der Waals surface area contributed by atoms with Gasteiger partial charge in [0.25, 0.3) is 0 Å². The van der Waals surface area contributed by atoms with Crippen molar-refractivity contribution in [1.82, 2.24) is 34.6 Å². The van der Waals surface area contributed by atoms with Gasteiger partial charge in [0.2, 0.25) is 5.91 Å². The molecule has 8 heteroatoms. The van der Waals surface area contributed by atoms with E-state index >= 15 is 0 Å². The Bertz CT molecular complexity index is 1390. The number of likely N-dealkylation sites (N-methyl/N-ethyl adjacent to an activating group) is 1. The van der Waals surface area contributed by atoms with E-state index in [1.807, 2.05) is 23.9 Å². The van der Waals surface area contributed by atoms with Gasteiger partial charge in [0.15, 0.2) is 5.65 Å². The van der Waals surface area contributed by atoms with Crippen molar-refractivity contribution in [3.63, 3.8) is 0 Å². The van der Waals surface area contributed by atoms with Crippen LogP contribution in [0.15, 0.2) is 24.5 Å². The molecule has 1 aliphatic heterocycles. The maximum Gasteiger partial charge on any atom is 0.236 e. The molecule has 3 aromatic heterocycles. The van der Waals surface area contributed by atoms with Crippen molar-refractivity contribution in [2.45, 2.75) is 52.4 Å². The van der Waals surface area contributed by atoms with E-state index in [4.69, 9.17) is 5.10 Å². The molecule has 5 rings (SSSR count). The molecule has 1 aromatic carbocycles. The lowest BCUT2D eigenvalue weighted by atomic mass is 9.87. The van der Waals surface area contributed by atoms with Crippen LogP contribution >= 0.6 is 0 Å². The molecule has 1 amide bonds. The molecule has 35 heavy (non-hydrogen) atoms. The van der Waals surface area contributed by atoms with E-state index in [0.717, 1.165) is 59.6 Å². The number of hydrogen-bond acceptors (Lipinski definition) is 5. The second-order valence-electron chi connectivity index (χ2n) is 10.4. The van der Waals surface area contributed by atoms with Crippen LogP contribution in [-0.4, -0.2) is 74.2 Å². The Balaban J connectivity index is 1.50. The number of aromatic nitrogens is 5. The number of carbonyl (C=O) groups excluding carboxylic acids is 1. The summed E-state index contributed by atoms with van der Waals surface area (Å²) in [6.45, 7) is 10.8. The molecular formula is C27H35N7O. The molecular weight excluding hydrogens is 438 g/mol. The van der Waals surface area contributed by atoms with E-state index < -0.39 is 0 Å². The van der Waals surface area contributed by atoms with Gasteiger partial charge in [-0.1, -0.05) is 19.9 Å². The Morgan fingerprint density at radius 2 is 1.91 bits per heavy atom. The highest BCUT2D eigenvalue weighted by Crippen LogP contribution is 2.39. The highest BCUT2D eigenvalue weighted by atomic mass is 16.2. The van der Waals surface area contributed by atoms with Crippen molar-refractivity contribution < 1.29 is 4.79 Å². The third-order valence-corrected chi connectivity index (χ3v) is 7.43. The highest BCUT2D eigenvalue weighted by Gasteiger charge is 2.26. The van der Waals surface area contributed by atoms with Crippen molar-refractivity contribution in [3.05, 3.63) is 46.8 Å². The summed E-state index contributed by atoms with van der Waals surface area (Å²) in [4.78, 5) is 24.5. The average Bonchev–Trinajstić information content (AvgIpc) is 3.45.